The third-order valence-corrected chi connectivity index (χ3v) is 4.67. The predicted molar refractivity (Wildman–Crippen MR) is 106 cm³/mol. The summed E-state index contributed by atoms with van der Waals surface area (Å²) in [6.07, 6.45) is 17.7. The van der Waals surface area contributed by atoms with E-state index in [9.17, 15) is 19.8 Å². The number of carboxylic acid groups (broad SMARTS) is 1. The Morgan fingerprint density at radius 1 is 1.15 bits per heavy atom. The zero-order valence-corrected chi connectivity index (χ0v) is 16.0. The Labute approximate surface area is 161 Å². The van der Waals surface area contributed by atoms with Crippen LogP contribution in [0.2, 0.25) is 0 Å². The standard InChI is InChI=1S/C22H32O5/c1-2-17(23)14-15-19-18(20(24)16-21(19)25)12-10-8-6-4-3-5-7-9-11-13-22(26)27/h3-4,7-10,14-15,17-19,21,23,25H,2,5-6,11-13,16H2,1H3,(H,26,27)/b4-3-,9-7-,10-8-,15-14+/t17-,18+,19+,21-/m1/s1. The fourth-order valence-corrected chi connectivity index (χ4v) is 3.03. The van der Waals surface area contributed by atoms with E-state index in [0.29, 0.717) is 19.3 Å². The summed E-state index contributed by atoms with van der Waals surface area (Å²) in [7, 11) is 0. The summed E-state index contributed by atoms with van der Waals surface area (Å²) in [5.41, 5.74) is 0. The van der Waals surface area contributed by atoms with Gasteiger partial charge < -0.3 is 15.3 Å². The van der Waals surface area contributed by atoms with Crippen molar-refractivity contribution in [2.45, 2.75) is 64.1 Å². The summed E-state index contributed by atoms with van der Waals surface area (Å²) >= 11 is 0. The lowest BCUT2D eigenvalue weighted by Gasteiger charge is -2.16. The number of hydrogen-bond donors (Lipinski definition) is 3. The van der Waals surface area contributed by atoms with E-state index >= 15 is 0 Å². The number of aliphatic carboxylic acids is 1. The van der Waals surface area contributed by atoms with Crippen molar-refractivity contribution in [2.24, 2.45) is 11.8 Å². The molecule has 0 bridgehead atoms. The summed E-state index contributed by atoms with van der Waals surface area (Å²) in [4.78, 5) is 22.5. The Bertz CT molecular complexity index is 573. The van der Waals surface area contributed by atoms with Gasteiger partial charge in [-0.2, -0.15) is 0 Å². The molecule has 1 rings (SSSR count). The van der Waals surface area contributed by atoms with Crippen LogP contribution >= 0.6 is 0 Å². The molecular formula is C22H32O5. The van der Waals surface area contributed by atoms with Crippen LogP contribution in [0.5, 0.6) is 0 Å². The number of aliphatic hydroxyl groups is 2. The van der Waals surface area contributed by atoms with E-state index in [4.69, 9.17) is 5.11 Å². The van der Waals surface area contributed by atoms with Crippen LogP contribution in [0, 0.1) is 11.8 Å². The number of ketones is 1. The van der Waals surface area contributed by atoms with E-state index < -0.39 is 18.2 Å². The fraction of sp³-hybridized carbons (Fsp3) is 0.545. The van der Waals surface area contributed by atoms with Crippen molar-refractivity contribution in [3.63, 3.8) is 0 Å². The Morgan fingerprint density at radius 2 is 1.78 bits per heavy atom. The molecule has 0 amide bonds. The van der Waals surface area contributed by atoms with Gasteiger partial charge in [-0.05, 0) is 32.1 Å². The zero-order valence-electron chi connectivity index (χ0n) is 16.0. The van der Waals surface area contributed by atoms with E-state index in [0.717, 1.165) is 12.8 Å². The van der Waals surface area contributed by atoms with Crippen LogP contribution < -0.4 is 0 Å². The van der Waals surface area contributed by atoms with Gasteiger partial charge in [0.15, 0.2) is 0 Å². The number of carbonyl (C=O) groups is 2. The summed E-state index contributed by atoms with van der Waals surface area (Å²) < 4.78 is 0. The Balaban J connectivity index is 2.35. The normalized spacial score (nSPS) is 24.9. The topological polar surface area (TPSA) is 94.8 Å². The van der Waals surface area contributed by atoms with Crippen LogP contribution in [-0.4, -0.2) is 39.3 Å². The van der Waals surface area contributed by atoms with Crippen molar-refractivity contribution >= 4 is 11.8 Å². The minimum atomic E-state index is -0.784. The predicted octanol–water partition coefficient (Wildman–Crippen LogP) is 3.58. The maximum absolute atomic E-state index is 12.1. The van der Waals surface area contributed by atoms with Crippen molar-refractivity contribution in [2.75, 3.05) is 0 Å². The molecule has 1 fully saturated rings. The second-order valence-electron chi connectivity index (χ2n) is 6.84. The van der Waals surface area contributed by atoms with E-state index in [1.165, 1.54) is 0 Å². The Hall–Kier alpha value is -1.98. The number of carboxylic acids is 1. The van der Waals surface area contributed by atoms with Gasteiger partial charge >= 0.3 is 5.97 Å². The van der Waals surface area contributed by atoms with Gasteiger partial charge in [-0.1, -0.05) is 55.5 Å². The lowest BCUT2D eigenvalue weighted by Crippen LogP contribution is -2.18. The van der Waals surface area contributed by atoms with E-state index in [-0.39, 0.29) is 30.5 Å². The molecule has 0 aromatic heterocycles. The number of allylic oxidation sites excluding steroid dienone is 6. The number of carbonyl (C=O) groups excluding carboxylic acids is 1. The van der Waals surface area contributed by atoms with Gasteiger partial charge in [0.05, 0.1) is 12.2 Å². The summed E-state index contributed by atoms with van der Waals surface area (Å²) in [5, 5.41) is 28.2. The highest BCUT2D eigenvalue weighted by Crippen LogP contribution is 2.33. The van der Waals surface area contributed by atoms with Crippen molar-refractivity contribution in [3.8, 4) is 0 Å². The largest absolute Gasteiger partial charge is 0.481 e. The van der Waals surface area contributed by atoms with E-state index in [2.05, 4.69) is 0 Å². The van der Waals surface area contributed by atoms with Crippen LogP contribution in [0.4, 0.5) is 0 Å². The molecule has 5 nitrogen and oxygen atoms in total. The molecule has 0 heterocycles. The highest BCUT2D eigenvalue weighted by molar-refractivity contribution is 5.84. The number of aliphatic hydroxyl groups excluding tert-OH is 2. The molecule has 0 spiro atoms. The van der Waals surface area contributed by atoms with Crippen molar-refractivity contribution in [1.82, 2.24) is 0 Å². The van der Waals surface area contributed by atoms with E-state index in [1.807, 2.05) is 43.4 Å². The Morgan fingerprint density at radius 3 is 2.41 bits per heavy atom. The van der Waals surface area contributed by atoms with Gasteiger partial charge in [-0.25, -0.2) is 0 Å². The van der Waals surface area contributed by atoms with Gasteiger partial charge in [0.2, 0.25) is 0 Å². The minimum Gasteiger partial charge on any atom is -0.481 e. The quantitative estimate of drug-likeness (QED) is 0.453. The first kappa shape index (κ1) is 23.1. The average molecular weight is 376 g/mol. The molecule has 150 valence electrons. The summed E-state index contributed by atoms with van der Waals surface area (Å²) in [5.74, 6) is -1.16. The Kier molecular flexibility index (Phi) is 11.3. The SMILES string of the molecule is CC[C@@H](O)/C=C/[C@@H]1[C@H](O)CC(=O)[C@H]1C/C=C\C/C=C\C/C=C\CCC(=O)O. The highest BCUT2D eigenvalue weighted by Gasteiger charge is 2.39. The maximum Gasteiger partial charge on any atom is 0.303 e. The molecule has 1 aliphatic rings. The first-order chi connectivity index (χ1) is 13.0. The molecule has 1 saturated carbocycles. The molecule has 5 heteroatoms. The van der Waals surface area contributed by atoms with E-state index in [1.54, 1.807) is 12.2 Å². The highest BCUT2D eigenvalue weighted by atomic mass is 16.4. The molecule has 0 unspecified atom stereocenters. The number of Topliss-reactive ketones (excluding diaryl/α,β-unsaturated/α-hetero) is 1. The lowest BCUT2D eigenvalue weighted by molar-refractivity contribution is -0.136. The van der Waals surface area contributed by atoms with Gasteiger partial charge in [0, 0.05) is 24.7 Å². The molecule has 0 radical (unpaired) electrons. The summed E-state index contributed by atoms with van der Waals surface area (Å²) in [6, 6.07) is 0. The van der Waals surface area contributed by atoms with Gasteiger partial charge in [0.1, 0.15) is 5.78 Å². The van der Waals surface area contributed by atoms with Crippen LogP contribution in [0.15, 0.2) is 48.6 Å². The second-order valence-corrected chi connectivity index (χ2v) is 6.84. The molecule has 3 N–H and O–H groups in total. The van der Waals surface area contributed by atoms with Gasteiger partial charge in [-0.3, -0.25) is 9.59 Å². The fourth-order valence-electron chi connectivity index (χ4n) is 3.03. The second kappa shape index (κ2) is 13.2. The monoisotopic (exact) mass is 376 g/mol. The molecule has 1 aliphatic carbocycles. The van der Waals surface area contributed by atoms with Crippen LogP contribution in [-0.2, 0) is 9.59 Å². The first-order valence-corrected chi connectivity index (χ1v) is 9.69. The van der Waals surface area contributed by atoms with Crippen LogP contribution in [0.1, 0.15) is 51.9 Å². The van der Waals surface area contributed by atoms with Crippen molar-refractivity contribution in [1.29, 1.82) is 0 Å². The van der Waals surface area contributed by atoms with Crippen molar-refractivity contribution in [3.05, 3.63) is 48.6 Å². The number of rotatable bonds is 12. The molecule has 4 atom stereocenters. The maximum atomic E-state index is 12.1. The molecule has 27 heavy (non-hydrogen) atoms. The lowest BCUT2D eigenvalue weighted by atomic mass is 9.90. The van der Waals surface area contributed by atoms with Crippen LogP contribution in [0.3, 0.4) is 0 Å². The minimum absolute atomic E-state index is 0.0785. The molecule has 0 saturated heterocycles. The van der Waals surface area contributed by atoms with Crippen LogP contribution in [0.25, 0.3) is 0 Å². The van der Waals surface area contributed by atoms with Gasteiger partial charge in [0.25, 0.3) is 0 Å². The number of hydrogen-bond acceptors (Lipinski definition) is 4. The molecule has 0 aromatic rings. The third-order valence-electron chi connectivity index (χ3n) is 4.67. The van der Waals surface area contributed by atoms with Crippen molar-refractivity contribution < 1.29 is 24.9 Å². The molecule has 0 aliphatic heterocycles. The first-order valence-electron chi connectivity index (χ1n) is 9.69. The summed E-state index contributed by atoms with van der Waals surface area (Å²) in [6.45, 7) is 1.88. The smallest absolute Gasteiger partial charge is 0.303 e. The third kappa shape index (κ3) is 9.50. The molecule has 0 aromatic carbocycles. The zero-order chi connectivity index (χ0) is 20.1. The molecular weight excluding hydrogens is 344 g/mol. The van der Waals surface area contributed by atoms with Gasteiger partial charge in [-0.15, -0.1) is 0 Å². The average Bonchev–Trinajstić information content (AvgIpc) is 2.90.